The molecular weight excluding hydrogens is 338 g/mol. The van der Waals surface area contributed by atoms with E-state index in [1.54, 1.807) is 6.92 Å². The van der Waals surface area contributed by atoms with Crippen molar-refractivity contribution in [3.8, 4) is 0 Å². The Hall–Kier alpha value is -1.58. The van der Waals surface area contributed by atoms with E-state index < -0.39 is 21.3 Å². The van der Waals surface area contributed by atoms with Crippen LogP contribution < -0.4 is 16.0 Å². The van der Waals surface area contributed by atoms with Gasteiger partial charge >= 0.3 is 5.69 Å². The Labute approximate surface area is 129 Å². The molecule has 7 nitrogen and oxygen atoms in total. The maximum atomic E-state index is 12.2. The van der Waals surface area contributed by atoms with Gasteiger partial charge in [-0.3, -0.25) is 14.1 Å². The molecule has 0 saturated carbocycles. The molecule has 2 aromatic heterocycles. The van der Waals surface area contributed by atoms with E-state index in [0.29, 0.717) is 9.90 Å². The van der Waals surface area contributed by atoms with Gasteiger partial charge in [0.2, 0.25) is 0 Å². The zero-order valence-electron chi connectivity index (χ0n) is 11.4. The van der Waals surface area contributed by atoms with Crippen LogP contribution in [0.5, 0.6) is 0 Å². The number of hydrogen-bond acceptors (Lipinski definition) is 5. The first kappa shape index (κ1) is 15.8. The Kier molecular flexibility index (Phi) is 4.00. The van der Waals surface area contributed by atoms with Gasteiger partial charge in [-0.1, -0.05) is 11.6 Å². The Morgan fingerprint density at radius 2 is 1.90 bits per heavy atom. The van der Waals surface area contributed by atoms with Crippen LogP contribution in [0.2, 0.25) is 4.34 Å². The van der Waals surface area contributed by atoms with Crippen molar-refractivity contribution in [3.05, 3.63) is 43.0 Å². The van der Waals surface area contributed by atoms with Crippen LogP contribution in [0.25, 0.3) is 0 Å². The van der Waals surface area contributed by atoms with Gasteiger partial charge in [0.15, 0.2) is 0 Å². The van der Waals surface area contributed by atoms with Crippen molar-refractivity contribution in [1.29, 1.82) is 0 Å². The number of thiophene rings is 1. The fourth-order valence-electron chi connectivity index (χ4n) is 1.64. The summed E-state index contributed by atoms with van der Waals surface area (Å²) in [5, 5.41) is 0. The minimum absolute atomic E-state index is 0.000839. The predicted octanol–water partition coefficient (Wildman–Crippen LogP) is 0.908. The van der Waals surface area contributed by atoms with Crippen molar-refractivity contribution in [2.75, 3.05) is 4.72 Å². The van der Waals surface area contributed by atoms with Crippen LogP contribution in [0.1, 0.15) is 5.56 Å². The molecule has 10 heteroatoms. The van der Waals surface area contributed by atoms with Crippen LogP contribution in [-0.4, -0.2) is 17.6 Å². The highest BCUT2D eigenvalue weighted by molar-refractivity contribution is 7.94. The molecule has 0 aromatic carbocycles. The number of aryl methyl sites for hydroxylation is 2. The van der Waals surface area contributed by atoms with Gasteiger partial charge in [-0.05, 0) is 18.6 Å². The lowest BCUT2D eigenvalue weighted by Gasteiger charge is -2.08. The summed E-state index contributed by atoms with van der Waals surface area (Å²) in [5.74, 6) is 0. The predicted molar refractivity (Wildman–Crippen MR) is 81.8 cm³/mol. The van der Waals surface area contributed by atoms with E-state index >= 15 is 0 Å². The molecule has 0 aliphatic heterocycles. The van der Waals surface area contributed by atoms with Crippen molar-refractivity contribution in [1.82, 2.24) is 9.13 Å². The second-order valence-corrected chi connectivity index (χ2v) is 7.99. The van der Waals surface area contributed by atoms with Gasteiger partial charge < -0.3 is 4.57 Å². The van der Waals surface area contributed by atoms with Gasteiger partial charge in [-0.25, -0.2) is 13.2 Å². The highest BCUT2D eigenvalue weighted by Gasteiger charge is 2.21. The first-order valence-electron chi connectivity index (χ1n) is 5.69. The number of nitrogens with one attached hydrogen (secondary N) is 1. The summed E-state index contributed by atoms with van der Waals surface area (Å²) in [7, 11) is -1.23. The minimum Gasteiger partial charge on any atom is -0.301 e. The molecule has 0 aliphatic carbocycles. The smallest absolute Gasteiger partial charge is 0.301 e. The van der Waals surface area contributed by atoms with Crippen LogP contribution in [-0.2, 0) is 24.1 Å². The van der Waals surface area contributed by atoms with Crippen molar-refractivity contribution < 1.29 is 8.42 Å². The molecule has 21 heavy (non-hydrogen) atoms. The van der Waals surface area contributed by atoms with Gasteiger partial charge in [0, 0.05) is 20.3 Å². The van der Waals surface area contributed by atoms with Gasteiger partial charge in [0.05, 0.1) is 4.34 Å². The van der Waals surface area contributed by atoms with Crippen molar-refractivity contribution in [2.24, 2.45) is 14.1 Å². The number of anilines is 1. The van der Waals surface area contributed by atoms with Gasteiger partial charge in [0.25, 0.3) is 15.6 Å². The SMILES string of the molecule is Cc1cc(S(=O)(=O)Nc2cn(C)c(=O)n(C)c2=O)sc1Cl. The molecule has 2 aromatic rings. The van der Waals surface area contributed by atoms with Gasteiger partial charge in [-0.2, -0.15) is 0 Å². The molecule has 1 N–H and O–H groups in total. The first-order valence-corrected chi connectivity index (χ1v) is 8.36. The maximum Gasteiger partial charge on any atom is 0.330 e. The van der Waals surface area contributed by atoms with E-state index in [4.69, 9.17) is 11.6 Å². The molecule has 2 heterocycles. The third-order valence-electron chi connectivity index (χ3n) is 2.79. The number of sulfonamides is 1. The topological polar surface area (TPSA) is 90.2 Å². The molecule has 0 fully saturated rings. The maximum absolute atomic E-state index is 12.2. The highest BCUT2D eigenvalue weighted by Crippen LogP contribution is 2.30. The van der Waals surface area contributed by atoms with E-state index in [0.717, 1.165) is 26.7 Å². The van der Waals surface area contributed by atoms with Crippen molar-refractivity contribution in [3.63, 3.8) is 0 Å². The fourth-order valence-corrected chi connectivity index (χ4v) is 4.39. The molecular formula is C11H12ClN3O4S2. The normalized spacial score (nSPS) is 11.6. The largest absolute Gasteiger partial charge is 0.330 e. The first-order chi connectivity index (χ1) is 9.63. The van der Waals surface area contributed by atoms with Crippen LogP contribution in [0.4, 0.5) is 5.69 Å². The second-order valence-electron chi connectivity index (χ2n) is 4.43. The van der Waals surface area contributed by atoms with Crippen molar-refractivity contribution >= 4 is 38.6 Å². The van der Waals surface area contributed by atoms with Crippen LogP contribution in [0.3, 0.4) is 0 Å². The Balaban J connectivity index is 2.52. The van der Waals surface area contributed by atoms with Crippen molar-refractivity contribution in [2.45, 2.75) is 11.1 Å². The number of aromatic nitrogens is 2. The van der Waals surface area contributed by atoms with Crippen LogP contribution in [0, 0.1) is 6.92 Å². The number of rotatable bonds is 3. The average Bonchev–Trinajstić information content (AvgIpc) is 2.74. The summed E-state index contributed by atoms with van der Waals surface area (Å²) in [5.41, 5.74) is -0.837. The quantitative estimate of drug-likeness (QED) is 0.891. The average molecular weight is 350 g/mol. The number of halogens is 1. The minimum atomic E-state index is -3.93. The monoisotopic (exact) mass is 349 g/mol. The second kappa shape index (κ2) is 5.32. The standard InChI is InChI=1S/C11H12ClN3O4S2/c1-6-4-8(20-9(6)12)21(18,19)13-7-5-14(2)11(17)15(3)10(7)16/h4-5,13H,1-3H3. The molecule has 0 radical (unpaired) electrons. The fraction of sp³-hybridized carbons (Fsp3) is 0.273. The summed E-state index contributed by atoms with van der Waals surface area (Å²) in [6.45, 7) is 1.68. The lowest BCUT2D eigenvalue weighted by atomic mass is 10.4. The summed E-state index contributed by atoms with van der Waals surface area (Å²) in [4.78, 5) is 23.5. The van der Waals surface area contributed by atoms with E-state index in [1.165, 1.54) is 20.2 Å². The Morgan fingerprint density at radius 1 is 1.29 bits per heavy atom. The molecule has 0 spiro atoms. The third kappa shape index (κ3) is 2.89. The zero-order valence-corrected chi connectivity index (χ0v) is 13.8. The number of hydrogen-bond donors (Lipinski definition) is 1. The Bertz CT molecular complexity index is 904. The summed E-state index contributed by atoms with van der Waals surface area (Å²) in [6, 6.07) is 1.42. The van der Waals surface area contributed by atoms with Gasteiger partial charge in [0.1, 0.15) is 9.90 Å². The molecule has 0 amide bonds. The lowest BCUT2D eigenvalue weighted by molar-refractivity contribution is 0.602. The Morgan fingerprint density at radius 3 is 2.43 bits per heavy atom. The lowest BCUT2D eigenvalue weighted by Crippen LogP contribution is -2.38. The molecule has 0 saturated heterocycles. The third-order valence-corrected chi connectivity index (χ3v) is 6.18. The summed E-state index contributed by atoms with van der Waals surface area (Å²) < 4.78 is 29.0. The summed E-state index contributed by atoms with van der Waals surface area (Å²) >= 11 is 6.75. The number of nitrogens with zero attached hydrogens (tertiary/aromatic N) is 2. The van der Waals surface area contributed by atoms with E-state index in [-0.39, 0.29) is 9.90 Å². The zero-order chi connectivity index (χ0) is 15.9. The molecule has 0 aliphatic rings. The van der Waals surface area contributed by atoms with Gasteiger partial charge in [-0.15, -0.1) is 11.3 Å². The van der Waals surface area contributed by atoms with Crippen LogP contribution in [0.15, 0.2) is 26.1 Å². The van der Waals surface area contributed by atoms with E-state index in [1.807, 2.05) is 0 Å². The highest BCUT2D eigenvalue weighted by atomic mass is 35.5. The molecule has 0 atom stereocenters. The molecule has 114 valence electrons. The summed E-state index contributed by atoms with van der Waals surface area (Å²) in [6.07, 6.45) is 1.14. The molecule has 2 rings (SSSR count). The molecule has 0 bridgehead atoms. The van der Waals surface area contributed by atoms with E-state index in [9.17, 15) is 18.0 Å². The van der Waals surface area contributed by atoms with E-state index in [2.05, 4.69) is 4.72 Å². The molecule has 0 unspecified atom stereocenters. The van der Waals surface area contributed by atoms with Crippen LogP contribution >= 0.6 is 22.9 Å².